The third-order valence-corrected chi connectivity index (χ3v) is 5.50. The average Bonchev–Trinajstić information content (AvgIpc) is 2.64. The van der Waals surface area contributed by atoms with Crippen molar-refractivity contribution >= 4 is 49.9 Å². The van der Waals surface area contributed by atoms with Crippen LogP contribution in [0.25, 0.3) is 10.8 Å². The van der Waals surface area contributed by atoms with Crippen molar-refractivity contribution < 1.29 is 9.59 Å². The number of rotatable bonds is 2. The van der Waals surface area contributed by atoms with Gasteiger partial charge in [-0.1, -0.05) is 48.0 Å². The number of benzene rings is 3. The molecule has 0 atom stereocenters. The van der Waals surface area contributed by atoms with Crippen LogP contribution in [0.2, 0.25) is 5.02 Å². The van der Waals surface area contributed by atoms with E-state index >= 15 is 0 Å². The van der Waals surface area contributed by atoms with Crippen LogP contribution < -0.4 is 0 Å². The van der Waals surface area contributed by atoms with E-state index in [4.69, 9.17) is 11.6 Å². The van der Waals surface area contributed by atoms with Gasteiger partial charge in [0.25, 0.3) is 0 Å². The second kappa shape index (κ2) is 6.25. The number of carbonyl (C=O) groups excluding carboxylic acids is 2. The molecule has 0 amide bonds. The Kier molecular flexibility index (Phi) is 4.06. The molecule has 1 aliphatic rings. The fourth-order valence-corrected chi connectivity index (χ4v) is 3.76. The molecule has 0 saturated carbocycles. The maximum Gasteiger partial charge on any atom is 0.201 e. The van der Waals surface area contributed by atoms with Crippen LogP contribution in [0.4, 0.5) is 0 Å². The minimum absolute atomic E-state index is 0.109. The maximum atomic E-state index is 13.0. The van der Waals surface area contributed by atoms with E-state index in [1.807, 2.05) is 42.5 Å². The molecular formula is C21H12BrClO2. The summed E-state index contributed by atoms with van der Waals surface area (Å²) in [6, 6.07) is 18.6. The van der Waals surface area contributed by atoms with Gasteiger partial charge in [-0.25, -0.2) is 0 Å². The standard InChI is InChI=1S/C21H12BrClO2/c22-19-18(9-12-5-7-15(23)8-6-12)20(24)16-10-13-3-1-2-4-14(13)11-17(16)21(19)25/h1-8,10-11H,9H2. The highest BCUT2D eigenvalue weighted by Crippen LogP contribution is 2.34. The van der Waals surface area contributed by atoms with Crippen LogP contribution in [0, 0.1) is 0 Å². The fraction of sp³-hybridized carbons (Fsp3) is 0.0476. The molecule has 122 valence electrons. The predicted octanol–water partition coefficient (Wildman–Crippen LogP) is 5.76. The van der Waals surface area contributed by atoms with Gasteiger partial charge in [0.2, 0.25) is 5.78 Å². The maximum absolute atomic E-state index is 13.0. The normalized spacial score (nSPS) is 14.2. The molecule has 0 fully saturated rings. The molecule has 0 heterocycles. The lowest BCUT2D eigenvalue weighted by atomic mass is 9.85. The zero-order valence-corrected chi connectivity index (χ0v) is 15.4. The van der Waals surface area contributed by atoms with Gasteiger partial charge < -0.3 is 0 Å². The zero-order valence-electron chi connectivity index (χ0n) is 13.1. The van der Waals surface area contributed by atoms with Gasteiger partial charge in [-0.05, 0) is 56.5 Å². The molecule has 0 radical (unpaired) electrons. The summed E-state index contributed by atoms with van der Waals surface area (Å²) in [6.45, 7) is 0. The highest BCUT2D eigenvalue weighted by Gasteiger charge is 2.31. The molecule has 0 spiro atoms. The van der Waals surface area contributed by atoms with Gasteiger partial charge in [-0.3, -0.25) is 9.59 Å². The van der Waals surface area contributed by atoms with Crippen LogP contribution in [-0.2, 0) is 6.42 Å². The summed E-state index contributed by atoms with van der Waals surface area (Å²) < 4.78 is 0.343. The molecule has 1 aliphatic carbocycles. The summed E-state index contributed by atoms with van der Waals surface area (Å²) in [6.07, 6.45) is 0.384. The van der Waals surface area contributed by atoms with Gasteiger partial charge in [0, 0.05) is 28.1 Å². The first-order valence-electron chi connectivity index (χ1n) is 7.80. The van der Waals surface area contributed by atoms with Crippen LogP contribution in [0.3, 0.4) is 0 Å². The molecule has 3 aromatic carbocycles. The summed E-state index contributed by atoms with van der Waals surface area (Å²) in [4.78, 5) is 25.8. The Labute approximate surface area is 158 Å². The van der Waals surface area contributed by atoms with E-state index in [1.54, 1.807) is 18.2 Å². The first kappa shape index (κ1) is 16.2. The third-order valence-electron chi connectivity index (χ3n) is 4.41. The van der Waals surface area contributed by atoms with Crippen molar-refractivity contribution in [3.05, 3.63) is 92.4 Å². The smallest absolute Gasteiger partial charge is 0.201 e. The highest BCUT2D eigenvalue weighted by atomic mass is 79.9. The Balaban J connectivity index is 1.82. The molecule has 0 aliphatic heterocycles. The third kappa shape index (κ3) is 2.84. The number of hydrogen-bond acceptors (Lipinski definition) is 2. The summed E-state index contributed by atoms with van der Waals surface area (Å²) in [5.74, 6) is -0.258. The molecule has 0 saturated heterocycles. The van der Waals surface area contributed by atoms with E-state index in [0.29, 0.717) is 32.6 Å². The molecule has 2 nitrogen and oxygen atoms in total. The van der Waals surface area contributed by atoms with Crippen molar-refractivity contribution in [1.82, 2.24) is 0 Å². The average molecular weight is 412 g/mol. The summed E-state index contributed by atoms with van der Waals surface area (Å²) >= 11 is 9.26. The lowest BCUT2D eigenvalue weighted by Gasteiger charge is -2.19. The Morgan fingerprint density at radius 2 is 1.36 bits per heavy atom. The SMILES string of the molecule is O=C1C(Br)=C(Cc2ccc(Cl)cc2)C(=O)c2cc3ccccc3cc21. The fourth-order valence-electron chi connectivity index (χ4n) is 3.10. The largest absolute Gasteiger partial charge is 0.289 e. The van der Waals surface area contributed by atoms with Crippen molar-refractivity contribution in [1.29, 1.82) is 0 Å². The molecule has 3 aromatic rings. The van der Waals surface area contributed by atoms with E-state index in [-0.39, 0.29) is 11.6 Å². The first-order chi connectivity index (χ1) is 12.0. The van der Waals surface area contributed by atoms with Gasteiger partial charge in [-0.15, -0.1) is 0 Å². The van der Waals surface area contributed by atoms with Gasteiger partial charge in [0.15, 0.2) is 5.78 Å². The number of fused-ring (bicyclic) bond motifs is 2. The van der Waals surface area contributed by atoms with Crippen molar-refractivity contribution in [2.75, 3.05) is 0 Å². The van der Waals surface area contributed by atoms with Crippen LogP contribution in [0.1, 0.15) is 26.3 Å². The molecule has 0 aromatic heterocycles. The van der Waals surface area contributed by atoms with E-state index < -0.39 is 0 Å². The van der Waals surface area contributed by atoms with Gasteiger partial charge in [0.1, 0.15) is 0 Å². The van der Waals surface area contributed by atoms with E-state index in [2.05, 4.69) is 15.9 Å². The van der Waals surface area contributed by atoms with Crippen molar-refractivity contribution in [3.8, 4) is 0 Å². The highest BCUT2D eigenvalue weighted by molar-refractivity contribution is 9.12. The number of halogens is 2. The first-order valence-corrected chi connectivity index (χ1v) is 8.97. The van der Waals surface area contributed by atoms with Crippen molar-refractivity contribution in [2.45, 2.75) is 6.42 Å². The topological polar surface area (TPSA) is 34.1 Å². The molecule has 4 heteroatoms. The summed E-state index contributed by atoms with van der Waals surface area (Å²) in [5.41, 5.74) is 2.34. The number of allylic oxidation sites excluding steroid dienone is 2. The van der Waals surface area contributed by atoms with E-state index in [9.17, 15) is 9.59 Å². The van der Waals surface area contributed by atoms with Gasteiger partial charge >= 0.3 is 0 Å². The lowest BCUT2D eigenvalue weighted by molar-refractivity contribution is 0.0980. The van der Waals surface area contributed by atoms with Crippen molar-refractivity contribution in [2.24, 2.45) is 0 Å². The Morgan fingerprint density at radius 3 is 1.96 bits per heavy atom. The Morgan fingerprint density at radius 1 is 0.800 bits per heavy atom. The number of Topliss-reactive ketones (excluding diaryl/α,β-unsaturated/α-hetero) is 2. The van der Waals surface area contributed by atoms with Crippen LogP contribution in [-0.4, -0.2) is 11.6 Å². The Hall–Kier alpha value is -2.23. The number of hydrogen-bond donors (Lipinski definition) is 0. The van der Waals surface area contributed by atoms with E-state index in [1.165, 1.54) is 0 Å². The minimum atomic E-state index is -0.149. The summed E-state index contributed by atoms with van der Waals surface area (Å²) in [7, 11) is 0. The van der Waals surface area contributed by atoms with Crippen molar-refractivity contribution in [3.63, 3.8) is 0 Å². The van der Waals surface area contributed by atoms with Crippen LogP contribution in [0.15, 0.2) is 70.7 Å². The zero-order chi connectivity index (χ0) is 17.6. The van der Waals surface area contributed by atoms with E-state index in [0.717, 1.165) is 16.3 Å². The monoisotopic (exact) mass is 410 g/mol. The molecule has 0 unspecified atom stereocenters. The molecule has 0 N–H and O–H groups in total. The summed E-state index contributed by atoms with van der Waals surface area (Å²) in [5, 5.41) is 2.54. The number of carbonyl (C=O) groups is 2. The minimum Gasteiger partial charge on any atom is -0.289 e. The second-order valence-electron chi connectivity index (χ2n) is 6.00. The van der Waals surface area contributed by atoms with Gasteiger partial charge in [-0.2, -0.15) is 0 Å². The second-order valence-corrected chi connectivity index (χ2v) is 7.23. The molecule has 0 bridgehead atoms. The lowest BCUT2D eigenvalue weighted by Crippen LogP contribution is -2.21. The van der Waals surface area contributed by atoms with Crippen LogP contribution >= 0.6 is 27.5 Å². The molecular weight excluding hydrogens is 400 g/mol. The predicted molar refractivity (Wildman–Crippen MR) is 104 cm³/mol. The molecule has 4 rings (SSSR count). The number of ketones is 2. The molecule has 25 heavy (non-hydrogen) atoms. The Bertz CT molecular complexity index is 1060. The quantitative estimate of drug-likeness (QED) is 0.537. The van der Waals surface area contributed by atoms with Crippen LogP contribution in [0.5, 0.6) is 0 Å². The van der Waals surface area contributed by atoms with Gasteiger partial charge in [0.05, 0.1) is 4.48 Å².